The van der Waals surface area contributed by atoms with Gasteiger partial charge in [-0.05, 0) is 13.0 Å². The number of carbonyl (C=O) groups is 3. The van der Waals surface area contributed by atoms with Crippen LogP contribution < -0.4 is 0 Å². The lowest BCUT2D eigenvalue weighted by atomic mass is 10.2. The van der Waals surface area contributed by atoms with Crippen LogP contribution in [0.4, 0.5) is 0 Å². The van der Waals surface area contributed by atoms with E-state index in [0.717, 1.165) is 12.2 Å². The van der Waals surface area contributed by atoms with Crippen molar-refractivity contribution in [1.82, 2.24) is 0 Å². The maximum Gasteiger partial charge on any atom is 0.335 e. The van der Waals surface area contributed by atoms with Gasteiger partial charge in [0, 0.05) is 11.6 Å². The second kappa shape index (κ2) is 7.98. The van der Waals surface area contributed by atoms with E-state index in [1.165, 1.54) is 6.92 Å². The van der Waals surface area contributed by atoms with Crippen molar-refractivity contribution in [1.29, 1.82) is 0 Å². The molecule has 0 heterocycles. The molecule has 6 nitrogen and oxygen atoms in total. The average Bonchev–Trinajstić information content (AvgIpc) is 2.18. The van der Waals surface area contributed by atoms with Crippen LogP contribution in [0.25, 0.3) is 0 Å². The summed E-state index contributed by atoms with van der Waals surface area (Å²) in [4.78, 5) is 29.5. The van der Waals surface area contributed by atoms with E-state index in [0.29, 0.717) is 0 Å². The summed E-state index contributed by atoms with van der Waals surface area (Å²) < 4.78 is 0. The van der Waals surface area contributed by atoms with Gasteiger partial charge in [-0.25, -0.2) is 14.4 Å². The smallest absolute Gasteiger partial charge is 0.335 e. The molecule has 0 aliphatic heterocycles. The molecule has 0 aromatic rings. The molecular weight excluding hydrogens is 216 g/mol. The van der Waals surface area contributed by atoms with Crippen molar-refractivity contribution >= 4 is 17.9 Å². The van der Waals surface area contributed by atoms with Crippen LogP contribution >= 0.6 is 0 Å². The summed E-state index contributed by atoms with van der Waals surface area (Å²) in [7, 11) is 0. The van der Waals surface area contributed by atoms with Crippen LogP contribution in [-0.2, 0) is 14.4 Å². The molecule has 6 heteroatoms. The summed E-state index contributed by atoms with van der Waals surface area (Å²) in [6, 6.07) is 0. The van der Waals surface area contributed by atoms with E-state index in [1.807, 2.05) is 0 Å². The first kappa shape index (κ1) is 16.1. The zero-order valence-corrected chi connectivity index (χ0v) is 8.64. The third-order valence-electron chi connectivity index (χ3n) is 1.18. The van der Waals surface area contributed by atoms with Crippen LogP contribution in [0.3, 0.4) is 0 Å². The molecule has 88 valence electrons. The number of rotatable bonds is 4. The molecular formula is C10H12O6. The highest BCUT2D eigenvalue weighted by molar-refractivity contribution is 5.93. The lowest BCUT2D eigenvalue weighted by molar-refractivity contribution is -0.133. The molecule has 3 N–H and O–H groups in total. The van der Waals surface area contributed by atoms with Gasteiger partial charge >= 0.3 is 17.9 Å². The molecule has 0 atom stereocenters. The Hall–Kier alpha value is -2.37. The van der Waals surface area contributed by atoms with E-state index in [1.54, 1.807) is 0 Å². The monoisotopic (exact) mass is 228 g/mol. The van der Waals surface area contributed by atoms with E-state index in [9.17, 15) is 14.4 Å². The summed E-state index contributed by atoms with van der Waals surface area (Å²) >= 11 is 0. The fourth-order valence-electron chi connectivity index (χ4n) is 0.385. The van der Waals surface area contributed by atoms with Gasteiger partial charge < -0.3 is 15.3 Å². The summed E-state index contributed by atoms with van der Waals surface area (Å²) in [6.07, 6.45) is 1.84. The number of hydrogen-bond acceptors (Lipinski definition) is 3. The summed E-state index contributed by atoms with van der Waals surface area (Å²) in [5.41, 5.74) is -0.276. The molecule has 16 heavy (non-hydrogen) atoms. The van der Waals surface area contributed by atoms with Gasteiger partial charge in [-0.1, -0.05) is 13.2 Å². The van der Waals surface area contributed by atoms with Crippen molar-refractivity contribution in [3.8, 4) is 0 Å². The topological polar surface area (TPSA) is 112 Å². The fraction of sp³-hybridized carbons (Fsp3) is 0.100. The Balaban J connectivity index is 0. The minimum absolute atomic E-state index is 0.0441. The number of hydrogen-bond donors (Lipinski definition) is 3. The molecule has 0 unspecified atom stereocenters. The molecule has 0 radical (unpaired) electrons. The van der Waals surface area contributed by atoms with Crippen LogP contribution in [-0.4, -0.2) is 33.2 Å². The van der Waals surface area contributed by atoms with Crippen molar-refractivity contribution in [3.05, 3.63) is 36.5 Å². The third kappa shape index (κ3) is 9.72. The second-order valence-corrected chi connectivity index (χ2v) is 2.51. The third-order valence-corrected chi connectivity index (χ3v) is 1.18. The summed E-state index contributed by atoms with van der Waals surface area (Å²) in [5.74, 6) is -3.34. The average molecular weight is 228 g/mol. The highest BCUT2D eigenvalue weighted by Gasteiger charge is 2.04. The molecule has 0 aromatic heterocycles. The van der Waals surface area contributed by atoms with E-state index in [2.05, 4.69) is 13.2 Å². The summed E-state index contributed by atoms with van der Waals surface area (Å²) in [6.45, 7) is 7.40. The van der Waals surface area contributed by atoms with Crippen LogP contribution in [0.5, 0.6) is 0 Å². The first-order valence-corrected chi connectivity index (χ1v) is 3.91. The zero-order valence-electron chi connectivity index (χ0n) is 8.64. The Bertz CT molecular complexity index is 350. The highest BCUT2D eigenvalue weighted by atomic mass is 16.4. The lowest BCUT2D eigenvalue weighted by Crippen LogP contribution is -2.01. The molecule has 0 bridgehead atoms. The number of carboxylic acid groups (broad SMARTS) is 3. The van der Waals surface area contributed by atoms with Crippen LogP contribution in [0.1, 0.15) is 6.92 Å². The van der Waals surface area contributed by atoms with Crippen LogP contribution in [0.15, 0.2) is 36.5 Å². The van der Waals surface area contributed by atoms with E-state index in [4.69, 9.17) is 15.3 Å². The van der Waals surface area contributed by atoms with E-state index in [-0.39, 0.29) is 11.1 Å². The molecule has 0 amide bonds. The quantitative estimate of drug-likeness (QED) is 0.487. The molecule has 0 rings (SSSR count). The first-order valence-electron chi connectivity index (χ1n) is 3.91. The van der Waals surface area contributed by atoms with Crippen molar-refractivity contribution in [2.45, 2.75) is 6.92 Å². The Labute approximate surface area is 91.8 Å². The van der Waals surface area contributed by atoms with Crippen LogP contribution in [0.2, 0.25) is 0 Å². The van der Waals surface area contributed by atoms with Crippen molar-refractivity contribution < 1.29 is 29.7 Å². The molecule has 0 saturated carbocycles. The highest BCUT2D eigenvalue weighted by Crippen LogP contribution is 1.99. The maximum absolute atomic E-state index is 10.2. The lowest BCUT2D eigenvalue weighted by Gasteiger charge is -1.92. The zero-order chi connectivity index (χ0) is 13.3. The summed E-state index contributed by atoms with van der Waals surface area (Å²) in [5, 5.41) is 24.2. The predicted molar refractivity (Wildman–Crippen MR) is 56.0 cm³/mol. The van der Waals surface area contributed by atoms with Gasteiger partial charge in [0.1, 0.15) is 0 Å². The van der Waals surface area contributed by atoms with Gasteiger partial charge in [-0.15, -0.1) is 0 Å². The Morgan fingerprint density at radius 1 is 1.06 bits per heavy atom. The van der Waals surface area contributed by atoms with E-state index >= 15 is 0 Å². The minimum atomic E-state index is -1.22. The van der Waals surface area contributed by atoms with Crippen LogP contribution in [0, 0.1) is 0 Å². The van der Waals surface area contributed by atoms with E-state index < -0.39 is 17.9 Å². The Kier molecular flexibility index (Phi) is 8.02. The van der Waals surface area contributed by atoms with Crippen molar-refractivity contribution in [3.63, 3.8) is 0 Å². The largest absolute Gasteiger partial charge is 0.478 e. The predicted octanol–water partition coefficient (Wildman–Crippen LogP) is 0.915. The van der Waals surface area contributed by atoms with Gasteiger partial charge in [-0.3, -0.25) is 0 Å². The molecule has 0 aromatic carbocycles. The standard InChI is InChI=1S/C7H8O4.C3H4O2/c1-4(6(8)9)3-5(2)7(10)11;1-2-3(4)5/h3H,1H2,2H3,(H,8,9)(H,10,11);2H,1H2,(H,4,5). The van der Waals surface area contributed by atoms with Crippen molar-refractivity contribution in [2.24, 2.45) is 0 Å². The number of carboxylic acids is 3. The van der Waals surface area contributed by atoms with Gasteiger partial charge in [0.15, 0.2) is 0 Å². The van der Waals surface area contributed by atoms with Gasteiger partial charge in [-0.2, -0.15) is 0 Å². The minimum Gasteiger partial charge on any atom is -0.478 e. The Morgan fingerprint density at radius 2 is 1.44 bits per heavy atom. The Morgan fingerprint density at radius 3 is 1.62 bits per heavy atom. The SMILES string of the molecule is C=C(C=C(C)C(=O)O)C(=O)O.C=CC(=O)O. The molecule has 0 aliphatic carbocycles. The van der Waals surface area contributed by atoms with Gasteiger partial charge in [0.25, 0.3) is 0 Å². The van der Waals surface area contributed by atoms with Gasteiger partial charge in [0.2, 0.25) is 0 Å². The molecule has 0 fully saturated rings. The second-order valence-electron chi connectivity index (χ2n) is 2.51. The van der Waals surface area contributed by atoms with Gasteiger partial charge in [0.05, 0.1) is 5.57 Å². The molecule has 0 aliphatic rings. The fourth-order valence-corrected chi connectivity index (χ4v) is 0.385. The normalized spacial score (nSPS) is 9.44. The molecule has 0 spiro atoms. The number of aliphatic carboxylic acids is 3. The van der Waals surface area contributed by atoms with Crippen molar-refractivity contribution in [2.75, 3.05) is 0 Å². The maximum atomic E-state index is 10.2. The first-order chi connectivity index (χ1) is 7.22. The molecule has 0 saturated heterocycles.